The lowest BCUT2D eigenvalue weighted by Gasteiger charge is -2.10. The third-order valence-electron chi connectivity index (χ3n) is 2.25. The first kappa shape index (κ1) is 14.2. The summed E-state index contributed by atoms with van der Waals surface area (Å²) in [7, 11) is 0. The second kappa shape index (κ2) is 6.77. The van der Waals surface area contributed by atoms with Gasteiger partial charge in [0.1, 0.15) is 0 Å². The molecule has 0 heterocycles. The molecule has 90 valence electrons. The van der Waals surface area contributed by atoms with Gasteiger partial charge in [-0.3, -0.25) is 4.79 Å². The molecule has 0 radical (unpaired) electrons. The van der Waals surface area contributed by atoms with Crippen LogP contribution < -0.4 is 0 Å². The van der Waals surface area contributed by atoms with Crippen molar-refractivity contribution in [1.29, 1.82) is 5.26 Å². The predicted octanol–water partition coefficient (Wildman–Crippen LogP) is 3.32. The summed E-state index contributed by atoms with van der Waals surface area (Å²) in [6.07, 6.45) is 0.122. The number of nitrogens with zero attached hydrogens (tertiary/aromatic N) is 1. The van der Waals surface area contributed by atoms with Crippen LogP contribution in [0.1, 0.15) is 23.6 Å². The third kappa shape index (κ3) is 3.55. The summed E-state index contributed by atoms with van der Waals surface area (Å²) in [6.45, 7) is 2.10. The second-order valence-electron chi connectivity index (χ2n) is 3.28. The summed E-state index contributed by atoms with van der Waals surface area (Å²) in [5.74, 6) is -0.315. The van der Waals surface area contributed by atoms with Crippen LogP contribution in [0.4, 0.5) is 0 Å². The van der Waals surface area contributed by atoms with E-state index in [9.17, 15) is 4.79 Å². The van der Waals surface area contributed by atoms with Crippen molar-refractivity contribution in [2.75, 3.05) is 6.61 Å². The number of ether oxygens (including phenoxy) is 1. The molecule has 0 unspecified atom stereocenters. The Hall–Kier alpha value is -0.860. The van der Waals surface area contributed by atoms with Crippen LogP contribution in [0, 0.1) is 11.3 Å². The molecule has 0 amide bonds. The molecule has 0 bridgehead atoms. The van der Waals surface area contributed by atoms with Crippen LogP contribution in [-0.4, -0.2) is 12.6 Å². The van der Waals surface area contributed by atoms with E-state index in [1.807, 2.05) is 6.07 Å². The van der Waals surface area contributed by atoms with Gasteiger partial charge in [-0.15, -0.1) is 0 Å². The molecule has 3 nitrogen and oxygen atoms in total. The minimum absolute atomic E-state index is 0.122. The molecule has 0 fully saturated rings. The summed E-state index contributed by atoms with van der Waals surface area (Å²) in [4.78, 5) is 11.5. The maximum atomic E-state index is 11.5. The van der Waals surface area contributed by atoms with Gasteiger partial charge in [-0.1, -0.05) is 31.9 Å². The average molecular weight is 361 g/mol. The molecule has 0 aliphatic heterocycles. The van der Waals surface area contributed by atoms with Gasteiger partial charge in [0.05, 0.1) is 24.7 Å². The minimum Gasteiger partial charge on any atom is -0.466 e. The Morgan fingerprint density at radius 2 is 2.18 bits per heavy atom. The van der Waals surface area contributed by atoms with Gasteiger partial charge in [0.15, 0.2) is 0 Å². The number of esters is 1. The molecule has 1 aromatic carbocycles. The lowest BCUT2D eigenvalue weighted by Crippen LogP contribution is -2.10. The number of nitriles is 1. The van der Waals surface area contributed by atoms with Crippen LogP contribution in [0.5, 0.6) is 0 Å². The third-order valence-corrected chi connectivity index (χ3v) is 3.56. The molecular weight excluding hydrogens is 350 g/mol. The summed E-state index contributed by atoms with van der Waals surface area (Å²) < 4.78 is 5.79. The Labute approximate surface area is 117 Å². The summed E-state index contributed by atoms with van der Waals surface area (Å²) in [5.41, 5.74) is 2.14. The highest BCUT2D eigenvalue weighted by Gasteiger charge is 2.15. The van der Waals surface area contributed by atoms with Crippen molar-refractivity contribution in [3.63, 3.8) is 0 Å². The summed E-state index contributed by atoms with van der Waals surface area (Å²) in [5, 5.41) is 9.62. The van der Waals surface area contributed by atoms with Gasteiger partial charge in [0.25, 0.3) is 0 Å². The maximum absolute atomic E-state index is 11.5. The Kier molecular flexibility index (Phi) is 5.66. The van der Waals surface area contributed by atoms with Gasteiger partial charge in [0, 0.05) is 9.80 Å². The number of rotatable bonds is 4. The first-order valence-corrected chi connectivity index (χ1v) is 6.97. The molecule has 0 aromatic heterocycles. The Morgan fingerprint density at radius 1 is 1.47 bits per heavy atom. The molecule has 0 spiro atoms. The number of alkyl halides is 1. The topological polar surface area (TPSA) is 50.1 Å². The van der Waals surface area contributed by atoms with E-state index in [0.29, 0.717) is 17.5 Å². The zero-order valence-corrected chi connectivity index (χ0v) is 12.5. The molecule has 0 aliphatic rings. The van der Waals surface area contributed by atoms with Crippen LogP contribution in [0.15, 0.2) is 16.6 Å². The van der Waals surface area contributed by atoms with E-state index in [0.717, 1.165) is 15.6 Å². The van der Waals surface area contributed by atoms with Crippen molar-refractivity contribution >= 4 is 37.8 Å². The van der Waals surface area contributed by atoms with Crippen molar-refractivity contribution in [2.45, 2.75) is 18.7 Å². The molecule has 0 aliphatic carbocycles. The number of benzene rings is 1. The summed E-state index contributed by atoms with van der Waals surface area (Å²) in [6, 6.07) is 5.60. The highest BCUT2D eigenvalue weighted by molar-refractivity contribution is 9.10. The van der Waals surface area contributed by atoms with Crippen LogP contribution in [-0.2, 0) is 21.3 Å². The molecule has 0 atom stereocenters. The maximum Gasteiger partial charge on any atom is 0.310 e. The van der Waals surface area contributed by atoms with Crippen LogP contribution in [0.2, 0.25) is 0 Å². The first-order valence-electron chi connectivity index (χ1n) is 5.06. The smallest absolute Gasteiger partial charge is 0.310 e. The van der Waals surface area contributed by atoms with Gasteiger partial charge in [-0.2, -0.15) is 5.26 Å². The number of hydrogen-bond acceptors (Lipinski definition) is 3. The molecule has 5 heteroatoms. The van der Waals surface area contributed by atoms with E-state index >= 15 is 0 Å². The van der Waals surface area contributed by atoms with E-state index < -0.39 is 0 Å². The van der Waals surface area contributed by atoms with Gasteiger partial charge in [0.2, 0.25) is 0 Å². The van der Waals surface area contributed by atoms with Crippen molar-refractivity contribution in [3.05, 3.63) is 33.3 Å². The fourth-order valence-corrected chi connectivity index (χ4v) is 3.00. The SMILES string of the molecule is CCOC(=O)Cc1c(C#N)ccc(Br)c1CBr. The zero-order chi connectivity index (χ0) is 12.8. The normalized spacial score (nSPS) is 9.76. The molecule has 1 aromatic rings. The van der Waals surface area contributed by atoms with E-state index in [1.54, 1.807) is 13.0 Å². The Bertz CT molecular complexity index is 466. The van der Waals surface area contributed by atoms with Crippen molar-refractivity contribution < 1.29 is 9.53 Å². The van der Waals surface area contributed by atoms with E-state index in [-0.39, 0.29) is 12.4 Å². The van der Waals surface area contributed by atoms with Gasteiger partial charge >= 0.3 is 5.97 Å². The van der Waals surface area contributed by atoms with E-state index in [1.165, 1.54) is 0 Å². The second-order valence-corrected chi connectivity index (χ2v) is 4.69. The number of carbonyl (C=O) groups is 1. The Morgan fingerprint density at radius 3 is 2.71 bits per heavy atom. The number of hydrogen-bond donors (Lipinski definition) is 0. The molecular formula is C12H11Br2NO2. The van der Waals surface area contributed by atoms with E-state index in [4.69, 9.17) is 10.00 Å². The van der Waals surface area contributed by atoms with Gasteiger partial charge in [-0.05, 0) is 30.2 Å². The standard InChI is InChI=1S/C12H11Br2NO2/c1-2-17-12(16)5-9-8(7-15)3-4-11(14)10(9)6-13/h3-4H,2,5-6H2,1H3. The minimum atomic E-state index is -0.315. The zero-order valence-electron chi connectivity index (χ0n) is 9.30. The predicted molar refractivity (Wildman–Crippen MR) is 71.8 cm³/mol. The fourth-order valence-electron chi connectivity index (χ4n) is 1.47. The van der Waals surface area contributed by atoms with Crippen molar-refractivity contribution in [3.8, 4) is 6.07 Å². The summed E-state index contributed by atoms with van der Waals surface area (Å²) >= 11 is 6.77. The fraction of sp³-hybridized carbons (Fsp3) is 0.333. The lowest BCUT2D eigenvalue weighted by atomic mass is 10.00. The number of carbonyl (C=O) groups excluding carboxylic acids is 1. The largest absolute Gasteiger partial charge is 0.466 e. The highest BCUT2D eigenvalue weighted by atomic mass is 79.9. The van der Waals surface area contributed by atoms with Crippen LogP contribution in [0.25, 0.3) is 0 Å². The quantitative estimate of drug-likeness (QED) is 0.611. The molecule has 1 rings (SSSR count). The first-order chi connectivity index (χ1) is 8.13. The molecule has 0 saturated carbocycles. The van der Waals surface area contributed by atoms with Crippen molar-refractivity contribution in [2.24, 2.45) is 0 Å². The van der Waals surface area contributed by atoms with Crippen molar-refractivity contribution in [1.82, 2.24) is 0 Å². The van der Waals surface area contributed by atoms with Crippen LogP contribution >= 0.6 is 31.9 Å². The molecule has 0 N–H and O–H groups in total. The average Bonchev–Trinajstić information content (AvgIpc) is 2.30. The number of halogens is 2. The molecule has 0 saturated heterocycles. The van der Waals surface area contributed by atoms with Gasteiger partial charge in [-0.25, -0.2) is 0 Å². The molecule has 17 heavy (non-hydrogen) atoms. The Balaban J connectivity index is 3.15. The monoisotopic (exact) mass is 359 g/mol. The van der Waals surface area contributed by atoms with Gasteiger partial charge < -0.3 is 4.74 Å². The lowest BCUT2D eigenvalue weighted by molar-refractivity contribution is -0.142. The van der Waals surface area contributed by atoms with Crippen LogP contribution in [0.3, 0.4) is 0 Å². The van der Waals surface area contributed by atoms with E-state index in [2.05, 4.69) is 37.9 Å². The highest BCUT2D eigenvalue weighted by Crippen LogP contribution is 2.26.